The Kier molecular flexibility index (Phi) is 7.82. The molecule has 2 aliphatic rings. The van der Waals surface area contributed by atoms with Crippen molar-refractivity contribution in [3.63, 3.8) is 0 Å². The Morgan fingerprint density at radius 1 is 0.547 bits per heavy atom. The maximum atomic E-state index is 7.04. The zero-order valence-electron chi connectivity index (χ0n) is 35.8. The molecular formula is C58H43N4OSi+. The van der Waals surface area contributed by atoms with Gasteiger partial charge in [-0.2, -0.15) is 8.97 Å². The number of hydrogen-bond donors (Lipinski definition) is 1. The standard InChI is InChI=1S/C58H42N4OSi/c1-58(2)47-24-11-16-30-53(47)63-56-48(58)25-17-31-54(56)64(3,38-18-5-4-6-19-38)39-32-33-43-40-20-7-8-21-41(40)46-34-37(36-59-55(46)44-23-10-9-22-42(44)45(43)35-39)61-51-28-14-15-29-52(51)62-50-27-13-12-26-49(50)60-57(61)62/h4-36H,1-3H3/p+1. The van der Waals surface area contributed by atoms with Crippen molar-refractivity contribution < 1.29 is 9.30 Å². The van der Waals surface area contributed by atoms with Crippen LogP contribution in [0.1, 0.15) is 25.0 Å². The van der Waals surface area contributed by atoms with Crippen LogP contribution >= 0.6 is 0 Å². The number of rotatable bonds is 4. The van der Waals surface area contributed by atoms with E-state index < -0.39 is 8.07 Å². The highest BCUT2D eigenvalue weighted by molar-refractivity contribution is 7.11. The zero-order chi connectivity index (χ0) is 42.7. The number of pyridine rings is 1. The van der Waals surface area contributed by atoms with Crippen molar-refractivity contribution in [1.29, 1.82) is 0 Å². The van der Waals surface area contributed by atoms with Crippen molar-refractivity contribution in [2.75, 3.05) is 0 Å². The monoisotopic (exact) mass is 839 g/mol. The van der Waals surface area contributed by atoms with E-state index in [1.807, 2.05) is 6.20 Å². The predicted octanol–water partition coefficient (Wildman–Crippen LogP) is 11.8. The van der Waals surface area contributed by atoms with Crippen LogP contribution in [0.2, 0.25) is 6.55 Å². The number of nitrogens with one attached hydrogen (secondary N) is 1. The van der Waals surface area contributed by atoms with Gasteiger partial charge in [0.1, 0.15) is 47.3 Å². The Balaban J connectivity index is 1.04. The van der Waals surface area contributed by atoms with Gasteiger partial charge >= 0.3 is 5.78 Å². The lowest BCUT2D eigenvalue weighted by Crippen LogP contribution is -2.65. The summed E-state index contributed by atoms with van der Waals surface area (Å²) in [7, 11) is -2.76. The number of fused-ring (bicyclic) bond motifs is 15. The first-order chi connectivity index (χ1) is 31.4. The van der Waals surface area contributed by atoms with Gasteiger partial charge in [0.2, 0.25) is 0 Å². The second-order valence-electron chi connectivity index (χ2n) is 18.0. The number of aromatic nitrogens is 4. The number of para-hydroxylation sites is 6. The van der Waals surface area contributed by atoms with E-state index in [0.29, 0.717) is 0 Å². The van der Waals surface area contributed by atoms with Gasteiger partial charge in [-0.15, -0.1) is 0 Å². The molecule has 13 rings (SSSR count). The van der Waals surface area contributed by atoms with E-state index in [2.05, 4.69) is 228 Å². The summed E-state index contributed by atoms with van der Waals surface area (Å²) in [4.78, 5) is 9.20. The summed E-state index contributed by atoms with van der Waals surface area (Å²) < 4.78 is 11.7. The summed E-state index contributed by atoms with van der Waals surface area (Å²) in [6.07, 6.45) is 2.05. The summed E-state index contributed by atoms with van der Waals surface area (Å²) >= 11 is 0. The van der Waals surface area contributed by atoms with Crippen LogP contribution in [0.3, 0.4) is 0 Å². The largest absolute Gasteiger partial charge is 0.457 e. The third-order valence-electron chi connectivity index (χ3n) is 14.2. The molecule has 0 amide bonds. The van der Waals surface area contributed by atoms with Gasteiger partial charge in [-0.3, -0.25) is 4.98 Å². The summed E-state index contributed by atoms with van der Waals surface area (Å²) in [6, 6.07) is 71.0. The van der Waals surface area contributed by atoms with Crippen molar-refractivity contribution in [3.8, 4) is 61.8 Å². The minimum Gasteiger partial charge on any atom is -0.457 e. The first-order valence-corrected chi connectivity index (χ1v) is 24.6. The predicted molar refractivity (Wildman–Crippen MR) is 263 cm³/mol. The fourth-order valence-corrected chi connectivity index (χ4v) is 14.7. The molecule has 0 spiro atoms. The third kappa shape index (κ3) is 5.11. The molecule has 304 valence electrons. The number of hydrogen-bond acceptors (Lipinski definition) is 2. The van der Waals surface area contributed by atoms with Crippen LogP contribution in [0.15, 0.2) is 200 Å². The van der Waals surface area contributed by atoms with E-state index in [4.69, 9.17) is 9.72 Å². The molecule has 0 bridgehead atoms. The molecule has 1 aliphatic heterocycles. The normalized spacial score (nSPS) is 14.2. The fourth-order valence-electron chi connectivity index (χ4n) is 11.0. The highest BCUT2D eigenvalue weighted by atomic mass is 28.3. The van der Waals surface area contributed by atoms with Crippen molar-refractivity contribution in [2.24, 2.45) is 0 Å². The maximum Gasteiger partial charge on any atom is 0.373 e. The van der Waals surface area contributed by atoms with Crippen LogP contribution in [-0.4, -0.2) is 22.4 Å². The summed E-state index contributed by atoms with van der Waals surface area (Å²) in [6.45, 7) is 7.16. The Morgan fingerprint density at radius 2 is 1.19 bits per heavy atom. The molecule has 3 aromatic heterocycles. The lowest BCUT2D eigenvalue weighted by molar-refractivity contribution is -0.540. The van der Waals surface area contributed by atoms with Crippen molar-refractivity contribution in [3.05, 3.63) is 211 Å². The molecule has 64 heavy (non-hydrogen) atoms. The highest BCUT2D eigenvalue weighted by Gasteiger charge is 2.43. The molecule has 0 saturated heterocycles. The number of nitrogens with zero attached hydrogens (tertiary/aromatic N) is 3. The van der Waals surface area contributed by atoms with Gasteiger partial charge in [0.25, 0.3) is 0 Å². The summed E-state index contributed by atoms with van der Waals surface area (Å²) in [5.41, 5.74) is 16.8. The number of H-pyrrole nitrogens is 1. The Labute approximate surface area is 372 Å². The molecule has 1 N–H and O–H groups in total. The van der Waals surface area contributed by atoms with Gasteiger partial charge in [-0.05, 0) is 79.8 Å². The molecule has 0 radical (unpaired) electrons. The second kappa shape index (κ2) is 13.6. The van der Waals surface area contributed by atoms with Crippen molar-refractivity contribution >= 4 is 51.5 Å². The van der Waals surface area contributed by atoms with Crippen LogP contribution in [-0.2, 0) is 5.41 Å². The van der Waals surface area contributed by atoms with E-state index in [9.17, 15) is 0 Å². The molecule has 4 heterocycles. The average molecular weight is 840 g/mol. The Morgan fingerprint density at radius 3 is 2.02 bits per heavy atom. The van der Waals surface area contributed by atoms with E-state index in [0.717, 1.165) is 67.4 Å². The lowest BCUT2D eigenvalue weighted by Gasteiger charge is -2.39. The van der Waals surface area contributed by atoms with Crippen LogP contribution < -0.4 is 24.9 Å². The zero-order valence-corrected chi connectivity index (χ0v) is 36.8. The smallest absolute Gasteiger partial charge is 0.373 e. The second-order valence-corrected chi connectivity index (χ2v) is 21.9. The maximum absolute atomic E-state index is 7.04. The molecule has 0 fully saturated rings. The molecule has 5 nitrogen and oxygen atoms in total. The summed E-state index contributed by atoms with van der Waals surface area (Å²) in [5, 5.41) is 3.93. The van der Waals surface area contributed by atoms with Gasteiger partial charge in [0, 0.05) is 27.7 Å². The van der Waals surface area contributed by atoms with Crippen LogP contribution in [0.5, 0.6) is 11.5 Å². The quantitative estimate of drug-likeness (QED) is 0.109. The van der Waals surface area contributed by atoms with Crippen LogP contribution in [0.4, 0.5) is 0 Å². The first-order valence-electron chi connectivity index (χ1n) is 22.1. The number of aromatic amines is 1. The van der Waals surface area contributed by atoms with Crippen molar-refractivity contribution in [1.82, 2.24) is 14.4 Å². The van der Waals surface area contributed by atoms with Gasteiger partial charge in [-0.1, -0.05) is 178 Å². The van der Waals surface area contributed by atoms with E-state index in [1.165, 1.54) is 48.9 Å². The SMILES string of the molecule is CC1(C)c2ccccc2Oc2c1cccc2[Si](C)(c1ccccc1)c1ccc2c(c1)-c1ccccc1-c1ncc(-[n+]3c4ccccc4n4c5ccccc5[nH]c43)cc1-c1ccccc1-2. The van der Waals surface area contributed by atoms with E-state index in [1.54, 1.807) is 0 Å². The minimum atomic E-state index is -2.76. The molecule has 1 atom stereocenters. The average Bonchev–Trinajstić information content (AvgIpc) is 3.88. The Bertz CT molecular complexity index is 3710. The minimum absolute atomic E-state index is 0.226. The number of ether oxygens (including phenoxy) is 1. The molecule has 1 unspecified atom stereocenters. The fraction of sp³-hybridized carbons (Fsp3) is 0.0690. The number of imidazole rings is 2. The molecule has 1 aliphatic carbocycles. The Hall–Kier alpha value is -7.80. The van der Waals surface area contributed by atoms with E-state index >= 15 is 0 Å². The first kappa shape index (κ1) is 36.8. The van der Waals surface area contributed by atoms with Gasteiger partial charge in [-0.25, -0.2) is 4.98 Å². The molecular weight excluding hydrogens is 797 g/mol. The topological polar surface area (TPSA) is 46.2 Å². The molecule has 11 aromatic rings. The van der Waals surface area contributed by atoms with Gasteiger partial charge in [0.15, 0.2) is 0 Å². The van der Waals surface area contributed by atoms with Gasteiger partial charge in [0.05, 0.1) is 11.9 Å². The van der Waals surface area contributed by atoms with Crippen molar-refractivity contribution in [2.45, 2.75) is 25.8 Å². The summed E-state index contributed by atoms with van der Waals surface area (Å²) in [5.74, 6) is 2.92. The third-order valence-corrected chi connectivity index (χ3v) is 18.7. The highest BCUT2D eigenvalue weighted by Crippen LogP contribution is 2.49. The van der Waals surface area contributed by atoms with Crippen LogP contribution in [0.25, 0.3) is 78.2 Å². The lowest BCUT2D eigenvalue weighted by atomic mass is 9.76. The van der Waals surface area contributed by atoms with Gasteiger partial charge < -0.3 is 4.74 Å². The van der Waals surface area contributed by atoms with Crippen LogP contribution in [0, 0.1) is 0 Å². The molecule has 0 saturated carbocycles. The van der Waals surface area contributed by atoms with E-state index in [-0.39, 0.29) is 5.41 Å². The molecule has 8 aromatic carbocycles. The number of benzene rings is 8. The molecule has 6 heteroatoms.